The maximum atomic E-state index is 16.2. The molecular weight excluding hydrogens is 839 g/mol. The predicted molar refractivity (Wildman–Crippen MR) is 245 cm³/mol. The van der Waals surface area contributed by atoms with Crippen molar-refractivity contribution in [3.05, 3.63) is 71.2 Å². The molecule has 2 heterocycles. The molecule has 16 heteroatoms. The second-order valence-corrected chi connectivity index (χ2v) is 19.5. The van der Waals surface area contributed by atoms with Crippen molar-refractivity contribution in [1.82, 2.24) is 40.4 Å². The largest absolute Gasteiger partial charge is 0.453 e. The molecule has 2 fully saturated rings. The van der Waals surface area contributed by atoms with E-state index in [4.69, 9.17) is 26.1 Å². The van der Waals surface area contributed by atoms with Gasteiger partial charge in [0, 0.05) is 23.0 Å². The van der Waals surface area contributed by atoms with Gasteiger partial charge < -0.3 is 39.9 Å². The van der Waals surface area contributed by atoms with Crippen LogP contribution in [-0.2, 0) is 25.6 Å². The summed E-state index contributed by atoms with van der Waals surface area (Å²) in [7, 11) is 2.54. The summed E-state index contributed by atoms with van der Waals surface area (Å²) in [5.41, 5.74) is 2.95. The van der Waals surface area contributed by atoms with Crippen molar-refractivity contribution < 1.29 is 33.0 Å². The molecule has 64 heavy (non-hydrogen) atoms. The van der Waals surface area contributed by atoms with Crippen molar-refractivity contribution >= 4 is 57.4 Å². The number of H-pyrrole nitrogens is 2. The lowest BCUT2D eigenvalue weighted by molar-refractivity contribution is -0.138. The van der Waals surface area contributed by atoms with Crippen LogP contribution < -0.4 is 10.6 Å². The molecule has 2 aliphatic carbocycles. The first kappa shape index (κ1) is 46.3. The van der Waals surface area contributed by atoms with E-state index in [9.17, 15) is 19.2 Å². The molecule has 0 spiro atoms. The Balaban J connectivity index is 1.13. The van der Waals surface area contributed by atoms with Crippen LogP contribution in [0.5, 0.6) is 0 Å². The summed E-state index contributed by atoms with van der Waals surface area (Å²) in [5.74, 6) is 0.860. The summed E-state index contributed by atoms with van der Waals surface area (Å²) < 4.78 is 25.9. The van der Waals surface area contributed by atoms with Gasteiger partial charge in [-0.15, -0.1) is 0 Å². The minimum absolute atomic E-state index is 0.00644. The number of carbonyl (C=O) groups is 4. The highest BCUT2D eigenvalue weighted by atomic mass is 35.5. The number of nitrogens with one attached hydrogen (secondary N) is 4. The van der Waals surface area contributed by atoms with Crippen LogP contribution in [0.25, 0.3) is 44.2 Å². The Hall–Kier alpha value is -5.70. The first-order chi connectivity index (χ1) is 30.2. The summed E-state index contributed by atoms with van der Waals surface area (Å²) in [6, 6.07) is 12.4. The maximum absolute atomic E-state index is 16.2. The zero-order valence-electron chi connectivity index (χ0n) is 38.6. The summed E-state index contributed by atoms with van der Waals surface area (Å²) in [6.45, 7) is 19.9. The molecule has 0 bridgehead atoms. The SMILES string of the molecule is COC(=O)N[C@H](C(=O)N([C@@H]1C(C)[C@@H]1C)[C@@H](C)c1nc(Cl)c(-c2ccc(-c3ccc4c(ccc5nc(CN(C(=O)[C@@H](NC(=O)OC)C(C)(C)C)[C@H]6C(C)[C@@H]6C)[nH]c54)c3)cc2F)[nH]1)C(C)C. The third kappa shape index (κ3) is 8.87. The van der Waals surface area contributed by atoms with E-state index in [2.05, 4.69) is 53.3 Å². The molecule has 5 aromatic rings. The molecule has 2 unspecified atom stereocenters. The number of hydrogen-bond acceptors (Lipinski definition) is 8. The molecule has 9 atom stereocenters. The van der Waals surface area contributed by atoms with Crippen molar-refractivity contribution in [1.29, 1.82) is 0 Å². The number of aromatic nitrogens is 4. The van der Waals surface area contributed by atoms with Crippen LogP contribution in [0, 0.1) is 40.8 Å². The Labute approximate surface area is 378 Å². The topological polar surface area (TPSA) is 175 Å². The monoisotopic (exact) mass is 898 g/mol. The third-order valence-electron chi connectivity index (χ3n) is 13.6. The zero-order valence-corrected chi connectivity index (χ0v) is 39.3. The van der Waals surface area contributed by atoms with Crippen molar-refractivity contribution in [3.8, 4) is 22.4 Å². The Morgan fingerprint density at radius 3 is 2.00 bits per heavy atom. The summed E-state index contributed by atoms with van der Waals surface area (Å²) >= 11 is 6.70. The Morgan fingerprint density at radius 2 is 1.42 bits per heavy atom. The van der Waals surface area contributed by atoms with E-state index in [1.165, 1.54) is 20.3 Å². The van der Waals surface area contributed by atoms with E-state index in [0.717, 1.165) is 27.4 Å². The molecule has 2 aromatic heterocycles. The number of methoxy groups -OCH3 is 2. The fraction of sp³-hybridized carbons (Fsp3) is 0.500. The lowest BCUT2D eigenvalue weighted by Crippen LogP contribution is -2.55. The van der Waals surface area contributed by atoms with E-state index in [-0.39, 0.29) is 70.7 Å². The van der Waals surface area contributed by atoms with E-state index in [1.807, 2.05) is 82.8 Å². The number of halogens is 2. The maximum Gasteiger partial charge on any atom is 0.407 e. The standard InChI is InChI=1S/C48H60ClFN8O6/c1-22(2)36(54-46(61)63-11)44(59)58(40-25(5)26(40)6)27(7)43-53-38(42(49)56-43)32-17-14-29(20-33(32)50)28-13-16-31-30(19-28)15-18-34-37(31)52-35(51-34)21-57(39-23(3)24(39)4)45(60)41(48(8,9)10)55-47(62)64-12/h13-20,22-27,36,39-41H,21H2,1-12H3,(H,51,52)(H,53,56)(H,54,61)(H,55,62)/t23-,24?,25-,26?,27-,36-,39+,40-,41+/m0/s1. The lowest BCUT2D eigenvalue weighted by Gasteiger charge is -2.34. The third-order valence-corrected chi connectivity index (χ3v) is 13.9. The smallest absolute Gasteiger partial charge is 0.407 e. The molecular formula is C48H60ClFN8O6. The molecule has 0 aliphatic heterocycles. The molecule has 0 saturated heterocycles. The number of aromatic amines is 2. The van der Waals surface area contributed by atoms with Crippen LogP contribution in [0.2, 0.25) is 5.15 Å². The number of amides is 4. The average Bonchev–Trinajstić information content (AvgIpc) is 3.81. The van der Waals surface area contributed by atoms with Gasteiger partial charge in [0.2, 0.25) is 11.8 Å². The van der Waals surface area contributed by atoms with Crippen molar-refractivity contribution in [2.75, 3.05) is 14.2 Å². The number of ether oxygens (including phenoxy) is 2. The van der Waals surface area contributed by atoms with Crippen LogP contribution in [0.1, 0.15) is 86.9 Å². The van der Waals surface area contributed by atoms with Gasteiger partial charge in [0.1, 0.15) is 29.5 Å². The number of hydrogen-bond donors (Lipinski definition) is 4. The molecule has 2 aliphatic rings. The number of fused-ring (bicyclic) bond motifs is 3. The molecule has 4 amide bonds. The van der Waals surface area contributed by atoms with Crippen LogP contribution in [0.15, 0.2) is 48.5 Å². The van der Waals surface area contributed by atoms with Crippen LogP contribution in [0.4, 0.5) is 14.0 Å². The number of alkyl carbamates (subject to hydrolysis) is 2. The average molecular weight is 900 g/mol. The number of rotatable bonds is 13. The predicted octanol–water partition coefficient (Wildman–Crippen LogP) is 9.24. The van der Waals surface area contributed by atoms with Gasteiger partial charge in [-0.3, -0.25) is 9.59 Å². The molecule has 342 valence electrons. The van der Waals surface area contributed by atoms with Crippen molar-refractivity contribution in [3.63, 3.8) is 0 Å². The zero-order chi connectivity index (χ0) is 46.7. The summed E-state index contributed by atoms with van der Waals surface area (Å²) in [5, 5.41) is 7.35. The number of carbonyl (C=O) groups excluding carboxylic acids is 4. The summed E-state index contributed by atoms with van der Waals surface area (Å²) in [4.78, 5) is 72.6. The van der Waals surface area contributed by atoms with Gasteiger partial charge in [-0.2, -0.15) is 0 Å². The van der Waals surface area contributed by atoms with Gasteiger partial charge in [-0.1, -0.05) is 98.2 Å². The molecule has 14 nitrogen and oxygen atoms in total. The first-order valence-electron chi connectivity index (χ1n) is 21.9. The lowest BCUT2D eigenvalue weighted by atomic mass is 9.85. The van der Waals surface area contributed by atoms with Crippen LogP contribution in [-0.4, -0.2) is 92.1 Å². The second kappa shape index (κ2) is 17.7. The molecule has 3 aromatic carbocycles. The first-order valence-corrected chi connectivity index (χ1v) is 22.3. The number of benzene rings is 3. The second-order valence-electron chi connectivity index (χ2n) is 19.2. The Bertz CT molecular complexity index is 2590. The normalized spacial score (nSPS) is 21.9. The summed E-state index contributed by atoms with van der Waals surface area (Å²) in [6.07, 6.45) is -1.36. The van der Waals surface area contributed by atoms with Gasteiger partial charge in [0.15, 0.2) is 5.15 Å². The highest BCUT2D eigenvalue weighted by Crippen LogP contribution is 2.47. The molecule has 0 radical (unpaired) electrons. The fourth-order valence-electron chi connectivity index (χ4n) is 9.18. The Kier molecular flexibility index (Phi) is 12.8. The highest BCUT2D eigenvalue weighted by Gasteiger charge is 2.53. The van der Waals surface area contributed by atoms with Gasteiger partial charge in [0.25, 0.3) is 0 Å². The van der Waals surface area contributed by atoms with Crippen molar-refractivity contribution in [2.45, 2.75) is 106 Å². The van der Waals surface area contributed by atoms with Gasteiger partial charge in [0.05, 0.1) is 43.5 Å². The van der Waals surface area contributed by atoms with E-state index in [1.54, 1.807) is 11.0 Å². The molecule has 4 N–H and O–H groups in total. The van der Waals surface area contributed by atoms with Crippen LogP contribution in [0.3, 0.4) is 0 Å². The quantitative estimate of drug-likeness (QED) is 0.0905. The van der Waals surface area contributed by atoms with Crippen molar-refractivity contribution in [2.24, 2.45) is 35.0 Å². The fourth-order valence-corrected chi connectivity index (χ4v) is 9.42. The van der Waals surface area contributed by atoms with Gasteiger partial charge in [-0.25, -0.2) is 23.9 Å². The highest BCUT2D eigenvalue weighted by molar-refractivity contribution is 6.32. The molecule has 2 saturated carbocycles. The number of nitrogens with zero attached hydrogens (tertiary/aromatic N) is 4. The van der Waals surface area contributed by atoms with E-state index >= 15 is 4.39 Å². The van der Waals surface area contributed by atoms with Gasteiger partial charge >= 0.3 is 12.2 Å². The van der Waals surface area contributed by atoms with Gasteiger partial charge in [-0.05, 0) is 82.7 Å². The minimum Gasteiger partial charge on any atom is -0.453 e. The minimum atomic E-state index is -0.832. The Morgan fingerprint density at radius 1 is 0.812 bits per heavy atom. The molecule has 7 rings (SSSR count). The number of imidazole rings is 2. The van der Waals surface area contributed by atoms with E-state index < -0.39 is 41.5 Å². The van der Waals surface area contributed by atoms with Crippen LogP contribution >= 0.6 is 11.6 Å². The van der Waals surface area contributed by atoms with E-state index in [0.29, 0.717) is 22.9 Å².